The van der Waals surface area contributed by atoms with Gasteiger partial charge in [0.2, 0.25) is 0 Å². The molecule has 1 unspecified atom stereocenters. The molecule has 2 rings (SSSR count). The minimum atomic E-state index is -0.180. The molecule has 1 atom stereocenters. The van der Waals surface area contributed by atoms with Crippen LogP contribution in [0.15, 0.2) is 54.6 Å². The van der Waals surface area contributed by atoms with E-state index in [2.05, 4.69) is 22.9 Å². The molecule has 2 aromatic carbocycles. The number of benzene rings is 2. The molecule has 0 amide bonds. The van der Waals surface area contributed by atoms with Crippen LogP contribution in [0.4, 0.5) is 0 Å². The van der Waals surface area contributed by atoms with E-state index in [9.17, 15) is 4.79 Å². The number of carbonyl (C=O) groups excluding carboxylic acids is 1. The van der Waals surface area contributed by atoms with Crippen molar-refractivity contribution in [3.63, 3.8) is 0 Å². The summed E-state index contributed by atoms with van der Waals surface area (Å²) in [7, 11) is 1.42. The summed E-state index contributed by atoms with van der Waals surface area (Å²) in [5, 5.41) is 0.886. The van der Waals surface area contributed by atoms with E-state index in [0.717, 1.165) is 10.6 Å². The summed E-state index contributed by atoms with van der Waals surface area (Å²) in [5.74, 6) is 0.527. The molecular weight excluding hydrogens is 304 g/mol. The fraction of sp³-hybridized carbons (Fsp3) is 0.235. The van der Waals surface area contributed by atoms with E-state index >= 15 is 0 Å². The molecule has 0 bridgehead atoms. The van der Waals surface area contributed by atoms with Crippen LogP contribution in [-0.2, 0) is 9.53 Å². The maximum absolute atomic E-state index is 11.3. The van der Waals surface area contributed by atoms with Gasteiger partial charge in [-0.3, -0.25) is 4.79 Å². The van der Waals surface area contributed by atoms with Crippen LogP contribution in [0.5, 0.6) is 0 Å². The van der Waals surface area contributed by atoms with Gasteiger partial charge in [0.15, 0.2) is 0 Å². The molecule has 21 heavy (non-hydrogen) atoms. The third-order valence-electron chi connectivity index (χ3n) is 3.07. The average molecular weight is 321 g/mol. The first-order valence-electron chi connectivity index (χ1n) is 6.69. The van der Waals surface area contributed by atoms with E-state index in [1.54, 1.807) is 11.8 Å². The first kappa shape index (κ1) is 15.9. The maximum atomic E-state index is 11.3. The van der Waals surface area contributed by atoms with E-state index in [1.165, 1.54) is 12.7 Å². The number of rotatable bonds is 6. The lowest BCUT2D eigenvalue weighted by Crippen LogP contribution is -2.04. The Morgan fingerprint density at radius 3 is 2.52 bits per heavy atom. The largest absolute Gasteiger partial charge is 0.469 e. The minimum absolute atomic E-state index is 0.162. The highest BCUT2D eigenvalue weighted by atomic mass is 35.5. The summed E-state index contributed by atoms with van der Waals surface area (Å²) in [6, 6.07) is 18.1. The molecule has 0 saturated heterocycles. The number of esters is 1. The SMILES string of the molecule is COC(=O)CCSC(c1ccccc1)c1cccc(Cl)c1. The Labute approximate surface area is 134 Å². The molecular formula is C17H17ClO2S. The monoisotopic (exact) mass is 320 g/mol. The van der Waals surface area contributed by atoms with Crippen LogP contribution in [0.25, 0.3) is 0 Å². The van der Waals surface area contributed by atoms with Crippen LogP contribution in [0.2, 0.25) is 5.02 Å². The van der Waals surface area contributed by atoms with Crippen LogP contribution in [0, 0.1) is 0 Å². The van der Waals surface area contributed by atoms with Gasteiger partial charge in [0.05, 0.1) is 18.8 Å². The highest BCUT2D eigenvalue weighted by Gasteiger charge is 2.15. The van der Waals surface area contributed by atoms with Crippen LogP contribution in [0.1, 0.15) is 22.8 Å². The first-order valence-corrected chi connectivity index (χ1v) is 8.12. The Morgan fingerprint density at radius 1 is 1.14 bits per heavy atom. The van der Waals surface area contributed by atoms with Gasteiger partial charge in [-0.1, -0.05) is 54.1 Å². The lowest BCUT2D eigenvalue weighted by molar-refractivity contribution is -0.140. The van der Waals surface area contributed by atoms with Gasteiger partial charge in [-0.2, -0.15) is 0 Å². The second-order valence-electron chi connectivity index (χ2n) is 4.54. The zero-order valence-corrected chi connectivity index (χ0v) is 13.4. The van der Waals surface area contributed by atoms with Crippen molar-refractivity contribution in [2.45, 2.75) is 11.7 Å². The Hall–Kier alpha value is -1.45. The molecule has 0 saturated carbocycles. The van der Waals surface area contributed by atoms with Gasteiger partial charge in [0.25, 0.3) is 0 Å². The van der Waals surface area contributed by atoms with Crippen molar-refractivity contribution in [3.8, 4) is 0 Å². The Morgan fingerprint density at radius 2 is 1.86 bits per heavy atom. The van der Waals surface area contributed by atoms with Crippen molar-refractivity contribution in [3.05, 3.63) is 70.7 Å². The van der Waals surface area contributed by atoms with Crippen molar-refractivity contribution < 1.29 is 9.53 Å². The minimum Gasteiger partial charge on any atom is -0.469 e. The van der Waals surface area contributed by atoms with Crippen molar-refractivity contribution in [2.24, 2.45) is 0 Å². The van der Waals surface area contributed by atoms with Crippen molar-refractivity contribution in [1.82, 2.24) is 0 Å². The number of hydrogen-bond donors (Lipinski definition) is 0. The van der Waals surface area contributed by atoms with Gasteiger partial charge in [-0.25, -0.2) is 0 Å². The lowest BCUT2D eigenvalue weighted by Gasteiger charge is -2.17. The second-order valence-corrected chi connectivity index (χ2v) is 6.19. The molecule has 2 nitrogen and oxygen atoms in total. The number of ether oxygens (including phenoxy) is 1. The lowest BCUT2D eigenvalue weighted by atomic mass is 10.0. The van der Waals surface area contributed by atoms with E-state index in [-0.39, 0.29) is 11.2 Å². The first-order chi connectivity index (χ1) is 10.2. The number of halogens is 1. The smallest absolute Gasteiger partial charge is 0.306 e. The normalized spacial score (nSPS) is 11.9. The van der Waals surface area contributed by atoms with Crippen molar-refractivity contribution in [2.75, 3.05) is 12.9 Å². The van der Waals surface area contributed by atoms with Gasteiger partial charge in [-0.05, 0) is 23.3 Å². The number of carbonyl (C=O) groups is 1. The van der Waals surface area contributed by atoms with Crippen LogP contribution in [0.3, 0.4) is 0 Å². The van der Waals surface area contributed by atoms with Crippen molar-refractivity contribution >= 4 is 29.3 Å². The summed E-state index contributed by atoms with van der Waals surface area (Å²) in [4.78, 5) is 11.3. The van der Waals surface area contributed by atoms with Crippen LogP contribution in [-0.4, -0.2) is 18.8 Å². The number of hydrogen-bond acceptors (Lipinski definition) is 3. The molecule has 0 radical (unpaired) electrons. The summed E-state index contributed by atoms with van der Waals surface area (Å²) < 4.78 is 4.69. The maximum Gasteiger partial charge on any atom is 0.306 e. The zero-order valence-electron chi connectivity index (χ0n) is 11.8. The third-order valence-corrected chi connectivity index (χ3v) is 4.62. The fourth-order valence-corrected chi connectivity index (χ4v) is 3.45. The standard InChI is InChI=1S/C17H17ClO2S/c1-20-16(19)10-11-21-17(13-6-3-2-4-7-13)14-8-5-9-15(18)12-14/h2-9,12,17H,10-11H2,1H3. The predicted molar refractivity (Wildman–Crippen MR) is 88.8 cm³/mol. The molecule has 0 spiro atoms. The van der Waals surface area contributed by atoms with E-state index in [0.29, 0.717) is 12.2 Å². The number of methoxy groups -OCH3 is 1. The molecule has 0 aromatic heterocycles. The molecule has 2 aromatic rings. The molecule has 0 aliphatic rings. The van der Waals surface area contributed by atoms with Gasteiger partial charge in [-0.15, -0.1) is 11.8 Å². The zero-order chi connectivity index (χ0) is 15.1. The third kappa shape index (κ3) is 4.80. The fourth-order valence-electron chi connectivity index (χ4n) is 2.04. The van der Waals surface area contributed by atoms with Crippen molar-refractivity contribution in [1.29, 1.82) is 0 Å². The second kappa shape index (κ2) is 8.11. The highest BCUT2D eigenvalue weighted by molar-refractivity contribution is 7.99. The Bertz CT molecular complexity index is 586. The van der Waals surface area contributed by atoms with E-state index < -0.39 is 0 Å². The quantitative estimate of drug-likeness (QED) is 0.720. The Kier molecular flexibility index (Phi) is 6.15. The topological polar surface area (TPSA) is 26.3 Å². The molecule has 4 heteroatoms. The summed E-state index contributed by atoms with van der Waals surface area (Å²) in [6.45, 7) is 0. The van der Waals surface area contributed by atoms with Gasteiger partial charge >= 0.3 is 5.97 Å². The van der Waals surface area contributed by atoms with E-state index in [4.69, 9.17) is 11.6 Å². The summed E-state index contributed by atoms with van der Waals surface area (Å²) in [5.41, 5.74) is 2.35. The number of thioether (sulfide) groups is 1. The van der Waals surface area contributed by atoms with Gasteiger partial charge in [0.1, 0.15) is 0 Å². The van der Waals surface area contributed by atoms with Crippen LogP contribution >= 0.6 is 23.4 Å². The van der Waals surface area contributed by atoms with Crippen LogP contribution < -0.4 is 0 Å². The molecule has 0 aliphatic heterocycles. The van der Waals surface area contributed by atoms with E-state index in [1.807, 2.05) is 36.4 Å². The highest BCUT2D eigenvalue weighted by Crippen LogP contribution is 2.36. The van der Waals surface area contributed by atoms with Gasteiger partial charge in [0, 0.05) is 10.8 Å². The molecule has 0 fully saturated rings. The molecule has 0 aliphatic carbocycles. The summed E-state index contributed by atoms with van der Waals surface area (Å²) >= 11 is 7.82. The predicted octanol–water partition coefficient (Wildman–Crippen LogP) is 4.73. The Balaban J connectivity index is 2.17. The molecule has 0 N–H and O–H groups in total. The summed E-state index contributed by atoms with van der Waals surface area (Å²) in [6.07, 6.45) is 0.408. The molecule has 0 heterocycles. The average Bonchev–Trinajstić information content (AvgIpc) is 2.52. The van der Waals surface area contributed by atoms with Gasteiger partial charge < -0.3 is 4.74 Å². The molecule has 110 valence electrons.